The number of benzene rings is 1. The molecule has 0 bridgehead atoms. The van der Waals surface area contributed by atoms with Crippen LogP contribution in [-0.2, 0) is 14.8 Å². The highest BCUT2D eigenvalue weighted by Gasteiger charge is 2.30. The van der Waals surface area contributed by atoms with E-state index in [0.29, 0.717) is 5.56 Å². The molecule has 5 nitrogen and oxygen atoms in total. The van der Waals surface area contributed by atoms with Crippen molar-refractivity contribution in [3.8, 4) is 0 Å². The lowest BCUT2D eigenvalue weighted by Gasteiger charge is -2.27. The summed E-state index contributed by atoms with van der Waals surface area (Å²) in [5.41, 5.74) is 0.654. The average Bonchev–Trinajstić information content (AvgIpc) is 2.38. The lowest BCUT2D eigenvalue weighted by atomic mass is 10.1. The second kappa shape index (κ2) is 6.85. The van der Waals surface area contributed by atoms with Crippen LogP contribution in [-0.4, -0.2) is 38.0 Å². The molecule has 0 aliphatic heterocycles. The Morgan fingerprint density at radius 3 is 2.30 bits per heavy atom. The normalized spacial score (nSPS) is 14.8. The van der Waals surface area contributed by atoms with Gasteiger partial charge in [0.25, 0.3) is 0 Å². The van der Waals surface area contributed by atoms with E-state index in [1.807, 2.05) is 19.9 Å². The smallest absolute Gasteiger partial charge is 0.243 e. The van der Waals surface area contributed by atoms with Gasteiger partial charge in [0.1, 0.15) is 6.04 Å². The standard InChI is InChI=1S/C14H22N2O3S/c1-5-11(2)15-14(17)13(16(3)20(4,18)19)12-9-7-6-8-10-12/h6-11,13H,5H2,1-4H3,(H,15,17). The van der Waals surface area contributed by atoms with Gasteiger partial charge in [-0.25, -0.2) is 8.42 Å². The molecule has 20 heavy (non-hydrogen) atoms. The van der Waals surface area contributed by atoms with Gasteiger partial charge in [-0.3, -0.25) is 4.79 Å². The van der Waals surface area contributed by atoms with Crippen LogP contribution in [0.4, 0.5) is 0 Å². The molecule has 0 saturated heterocycles. The molecule has 0 radical (unpaired) electrons. The molecule has 0 spiro atoms. The van der Waals surface area contributed by atoms with Gasteiger partial charge in [0.05, 0.1) is 6.26 Å². The number of hydrogen-bond acceptors (Lipinski definition) is 3. The summed E-state index contributed by atoms with van der Waals surface area (Å²) >= 11 is 0. The van der Waals surface area contributed by atoms with Gasteiger partial charge < -0.3 is 5.32 Å². The number of sulfonamides is 1. The van der Waals surface area contributed by atoms with Crippen LogP contribution in [0, 0.1) is 0 Å². The van der Waals surface area contributed by atoms with E-state index < -0.39 is 16.1 Å². The topological polar surface area (TPSA) is 66.5 Å². The van der Waals surface area contributed by atoms with E-state index in [1.54, 1.807) is 24.3 Å². The average molecular weight is 298 g/mol. The first kappa shape index (κ1) is 16.7. The van der Waals surface area contributed by atoms with E-state index in [1.165, 1.54) is 7.05 Å². The minimum atomic E-state index is -3.47. The molecule has 0 fully saturated rings. The van der Waals surface area contributed by atoms with E-state index in [9.17, 15) is 13.2 Å². The zero-order chi connectivity index (χ0) is 15.3. The monoisotopic (exact) mass is 298 g/mol. The third-order valence-electron chi connectivity index (χ3n) is 3.25. The summed E-state index contributed by atoms with van der Waals surface area (Å²) in [5.74, 6) is -0.307. The van der Waals surface area contributed by atoms with E-state index in [0.717, 1.165) is 17.0 Å². The molecule has 2 atom stereocenters. The molecular formula is C14H22N2O3S. The fourth-order valence-corrected chi connectivity index (χ4v) is 2.38. The van der Waals surface area contributed by atoms with Crippen molar-refractivity contribution < 1.29 is 13.2 Å². The van der Waals surface area contributed by atoms with Crippen LogP contribution in [0.15, 0.2) is 30.3 Å². The Labute approximate surface area is 121 Å². The van der Waals surface area contributed by atoms with Crippen molar-refractivity contribution >= 4 is 15.9 Å². The minimum Gasteiger partial charge on any atom is -0.352 e. The first-order chi connectivity index (χ1) is 9.27. The number of amides is 1. The Balaban J connectivity index is 3.12. The van der Waals surface area contributed by atoms with Crippen LogP contribution in [0.1, 0.15) is 31.9 Å². The molecule has 0 aliphatic rings. The van der Waals surface area contributed by atoms with Gasteiger partial charge in [-0.15, -0.1) is 0 Å². The summed E-state index contributed by atoms with van der Waals surface area (Å²) in [4.78, 5) is 12.4. The first-order valence-corrected chi connectivity index (χ1v) is 8.40. The van der Waals surface area contributed by atoms with Crippen LogP contribution in [0.2, 0.25) is 0 Å². The first-order valence-electron chi connectivity index (χ1n) is 6.55. The minimum absolute atomic E-state index is 0.00155. The number of rotatable bonds is 6. The third kappa shape index (κ3) is 4.31. The molecule has 2 unspecified atom stereocenters. The lowest BCUT2D eigenvalue weighted by molar-refractivity contribution is -0.125. The Kier molecular flexibility index (Phi) is 5.71. The maximum atomic E-state index is 12.4. The number of carbonyl (C=O) groups is 1. The molecule has 1 aromatic rings. The van der Waals surface area contributed by atoms with Crippen molar-refractivity contribution in [2.45, 2.75) is 32.4 Å². The van der Waals surface area contributed by atoms with Gasteiger partial charge in [0.2, 0.25) is 15.9 Å². The van der Waals surface area contributed by atoms with Gasteiger partial charge in [-0.1, -0.05) is 37.3 Å². The number of carbonyl (C=O) groups excluding carboxylic acids is 1. The van der Waals surface area contributed by atoms with E-state index >= 15 is 0 Å². The Bertz CT molecular complexity index is 543. The fourth-order valence-electron chi connectivity index (χ4n) is 1.78. The largest absolute Gasteiger partial charge is 0.352 e. The highest BCUT2D eigenvalue weighted by molar-refractivity contribution is 7.88. The summed E-state index contributed by atoms with van der Waals surface area (Å²) in [6.45, 7) is 3.85. The quantitative estimate of drug-likeness (QED) is 0.866. The number of likely N-dealkylation sites (N-methyl/N-ethyl adjacent to an activating group) is 1. The van der Waals surface area contributed by atoms with Gasteiger partial charge >= 0.3 is 0 Å². The third-order valence-corrected chi connectivity index (χ3v) is 4.51. The van der Waals surface area contributed by atoms with Crippen molar-refractivity contribution in [3.05, 3.63) is 35.9 Å². The number of nitrogens with zero attached hydrogens (tertiary/aromatic N) is 1. The molecule has 0 saturated carbocycles. The van der Waals surface area contributed by atoms with E-state index in [4.69, 9.17) is 0 Å². The Morgan fingerprint density at radius 2 is 1.85 bits per heavy atom. The fraction of sp³-hybridized carbons (Fsp3) is 0.500. The van der Waals surface area contributed by atoms with Crippen LogP contribution in [0.25, 0.3) is 0 Å². The summed E-state index contributed by atoms with van der Waals surface area (Å²) in [6, 6.07) is 8.06. The summed E-state index contributed by atoms with van der Waals surface area (Å²) < 4.78 is 24.6. The van der Waals surface area contributed by atoms with Crippen LogP contribution in [0.3, 0.4) is 0 Å². The zero-order valence-electron chi connectivity index (χ0n) is 12.3. The second-order valence-electron chi connectivity index (χ2n) is 4.91. The van der Waals surface area contributed by atoms with Gasteiger partial charge in [-0.2, -0.15) is 4.31 Å². The highest BCUT2D eigenvalue weighted by atomic mass is 32.2. The predicted molar refractivity (Wildman–Crippen MR) is 79.7 cm³/mol. The molecule has 112 valence electrons. The number of nitrogens with one attached hydrogen (secondary N) is 1. The van der Waals surface area contributed by atoms with Crippen LogP contribution >= 0.6 is 0 Å². The number of hydrogen-bond donors (Lipinski definition) is 1. The molecule has 0 aromatic heterocycles. The highest BCUT2D eigenvalue weighted by Crippen LogP contribution is 2.22. The molecule has 6 heteroatoms. The summed E-state index contributed by atoms with van der Waals surface area (Å²) in [6.07, 6.45) is 1.88. The van der Waals surface area contributed by atoms with Gasteiger partial charge in [0, 0.05) is 13.1 Å². The molecular weight excluding hydrogens is 276 g/mol. The summed E-state index contributed by atoms with van der Waals surface area (Å²) in [7, 11) is -2.05. The SMILES string of the molecule is CCC(C)NC(=O)C(c1ccccc1)N(C)S(C)(=O)=O. The van der Waals surface area contributed by atoms with Crippen LogP contribution in [0.5, 0.6) is 0 Å². The Morgan fingerprint density at radius 1 is 1.30 bits per heavy atom. The van der Waals surface area contributed by atoms with Crippen molar-refractivity contribution in [2.75, 3.05) is 13.3 Å². The van der Waals surface area contributed by atoms with Crippen molar-refractivity contribution in [1.29, 1.82) is 0 Å². The summed E-state index contributed by atoms with van der Waals surface area (Å²) in [5, 5.41) is 2.84. The van der Waals surface area contributed by atoms with E-state index in [-0.39, 0.29) is 11.9 Å². The van der Waals surface area contributed by atoms with Crippen molar-refractivity contribution in [2.24, 2.45) is 0 Å². The molecule has 1 aromatic carbocycles. The maximum Gasteiger partial charge on any atom is 0.243 e. The molecule has 1 amide bonds. The molecule has 0 heterocycles. The predicted octanol–water partition coefficient (Wildman–Crippen LogP) is 1.53. The molecule has 0 aliphatic carbocycles. The zero-order valence-corrected chi connectivity index (χ0v) is 13.1. The van der Waals surface area contributed by atoms with Crippen molar-refractivity contribution in [3.63, 3.8) is 0 Å². The van der Waals surface area contributed by atoms with Gasteiger partial charge in [0.15, 0.2) is 0 Å². The maximum absolute atomic E-state index is 12.4. The second-order valence-corrected chi connectivity index (χ2v) is 6.95. The Hall–Kier alpha value is -1.40. The van der Waals surface area contributed by atoms with E-state index in [2.05, 4.69) is 5.32 Å². The van der Waals surface area contributed by atoms with Crippen LogP contribution < -0.4 is 5.32 Å². The van der Waals surface area contributed by atoms with Crippen molar-refractivity contribution in [1.82, 2.24) is 9.62 Å². The molecule has 1 N–H and O–H groups in total. The van der Waals surface area contributed by atoms with Gasteiger partial charge in [-0.05, 0) is 18.9 Å². The molecule has 1 rings (SSSR count). The lowest BCUT2D eigenvalue weighted by Crippen LogP contribution is -2.43.